The molecule has 222 valence electrons. The summed E-state index contributed by atoms with van der Waals surface area (Å²) in [4.78, 5) is 64.2. The number of carbonyl (C=O) groups is 5. The van der Waals surface area contributed by atoms with E-state index in [2.05, 4.69) is 10.6 Å². The van der Waals surface area contributed by atoms with Crippen molar-refractivity contribution in [3.8, 4) is 11.5 Å². The van der Waals surface area contributed by atoms with E-state index in [1.807, 2.05) is 0 Å². The number of amides is 5. The van der Waals surface area contributed by atoms with Gasteiger partial charge in [-0.3, -0.25) is 19.3 Å². The Hall–Kier alpha value is -4.68. The van der Waals surface area contributed by atoms with Crippen molar-refractivity contribution in [2.45, 2.75) is 30.2 Å². The average Bonchev–Trinajstić information content (AvgIpc) is 2.92. The Kier molecular flexibility index (Phi) is 8.42. The van der Waals surface area contributed by atoms with Gasteiger partial charge in [0.15, 0.2) is 0 Å². The maximum atomic E-state index is 13.5. The highest BCUT2D eigenvalue weighted by molar-refractivity contribution is 7.89. The van der Waals surface area contributed by atoms with E-state index < -0.39 is 69.5 Å². The Labute approximate surface area is 239 Å². The van der Waals surface area contributed by atoms with Gasteiger partial charge in [0.2, 0.25) is 15.9 Å². The molecule has 1 fully saturated rings. The van der Waals surface area contributed by atoms with E-state index in [9.17, 15) is 47.6 Å². The van der Waals surface area contributed by atoms with Crippen LogP contribution in [0, 0.1) is 0 Å². The van der Waals surface area contributed by atoms with Gasteiger partial charge < -0.3 is 35.4 Å². The van der Waals surface area contributed by atoms with Gasteiger partial charge in [-0.2, -0.15) is 0 Å². The third kappa shape index (κ3) is 5.99. The van der Waals surface area contributed by atoms with E-state index >= 15 is 0 Å². The molecule has 0 aromatic heterocycles. The summed E-state index contributed by atoms with van der Waals surface area (Å²) in [5, 5.41) is 40.1. The van der Waals surface area contributed by atoms with Gasteiger partial charge >= 0.3 is 30.9 Å². The molecule has 2 aliphatic heterocycles. The molecule has 7 N–H and O–H groups in total. The van der Waals surface area contributed by atoms with Crippen LogP contribution >= 0.6 is 0 Å². The first-order valence-corrected chi connectivity index (χ1v) is 14.0. The van der Waals surface area contributed by atoms with E-state index in [1.54, 1.807) is 6.92 Å². The third-order valence-electron chi connectivity index (χ3n) is 6.77. The molecule has 42 heavy (non-hydrogen) atoms. The standard InChI is InChI=1S/C24H26BN5O11S/c1-2-29-8-9-30(22(34)21(29)33)24(37)28-18(12-6-7-16(15(31)10-12)42(26,39)40)20(32)27-17-11-13-4-3-5-14(23(35)36)19(13)41-25(17)38/h3-7,10,17-18,31,38H,2,8-9,11H2,1H3,(H,27,32)(H,28,37)(H,35,36)(H2,26,39,40)/t17-,18?/m0/s1. The smallest absolute Gasteiger partial charge is 0.534 e. The van der Waals surface area contributed by atoms with Crippen LogP contribution in [0.25, 0.3) is 0 Å². The summed E-state index contributed by atoms with van der Waals surface area (Å²) in [5.74, 6) is -6.39. The molecule has 2 aromatic rings. The number of carbonyl (C=O) groups excluding carboxylic acids is 4. The molecule has 1 unspecified atom stereocenters. The second-order valence-corrected chi connectivity index (χ2v) is 11.0. The van der Waals surface area contributed by atoms with Crippen LogP contribution in [0.15, 0.2) is 41.3 Å². The molecule has 1 saturated heterocycles. The van der Waals surface area contributed by atoms with E-state index in [0.29, 0.717) is 10.5 Å². The highest BCUT2D eigenvalue weighted by Crippen LogP contribution is 2.31. The van der Waals surface area contributed by atoms with E-state index in [4.69, 9.17) is 9.79 Å². The van der Waals surface area contributed by atoms with Crippen molar-refractivity contribution in [1.82, 2.24) is 20.4 Å². The summed E-state index contributed by atoms with van der Waals surface area (Å²) in [7, 11) is -6.06. The number of aromatic hydroxyl groups is 1. The third-order valence-corrected chi connectivity index (χ3v) is 7.72. The Morgan fingerprint density at radius 2 is 1.88 bits per heavy atom. The lowest BCUT2D eigenvalue weighted by atomic mass is 9.72. The van der Waals surface area contributed by atoms with Crippen molar-refractivity contribution in [2.24, 2.45) is 5.14 Å². The molecule has 2 heterocycles. The van der Waals surface area contributed by atoms with Crippen molar-refractivity contribution in [3.63, 3.8) is 0 Å². The second-order valence-electron chi connectivity index (χ2n) is 9.42. The van der Waals surface area contributed by atoms with Gasteiger partial charge in [0.1, 0.15) is 22.4 Å². The minimum atomic E-state index is -4.35. The molecular weight excluding hydrogens is 577 g/mol. The number of nitrogens with two attached hydrogens (primary N) is 1. The Balaban J connectivity index is 1.63. The number of phenolic OH excluding ortho intramolecular Hbond substituents is 1. The quantitative estimate of drug-likeness (QED) is 0.154. The molecule has 2 aromatic carbocycles. The second kappa shape index (κ2) is 11.7. The minimum Gasteiger partial charge on any atom is -0.534 e. The molecule has 4 rings (SSSR count). The van der Waals surface area contributed by atoms with Crippen LogP contribution < -0.4 is 20.4 Å². The number of nitrogens with zero attached hydrogens (tertiary/aromatic N) is 2. The number of primary sulfonamides is 1. The van der Waals surface area contributed by atoms with Crippen molar-refractivity contribution in [1.29, 1.82) is 0 Å². The summed E-state index contributed by atoms with van der Waals surface area (Å²) in [6.07, 6.45) is -0.0778. The summed E-state index contributed by atoms with van der Waals surface area (Å²) in [6, 6.07) is 4.32. The maximum absolute atomic E-state index is 13.5. The maximum Gasteiger partial charge on any atom is 0.547 e. The highest BCUT2D eigenvalue weighted by atomic mass is 32.2. The number of carboxylic acids is 1. The molecule has 0 bridgehead atoms. The van der Waals surface area contributed by atoms with Gasteiger partial charge in [-0.1, -0.05) is 18.2 Å². The van der Waals surface area contributed by atoms with Crippen LogP contribution in [0.2, 0.25) is 0 Å². The first-order chi connectivity index (χ1) is 19.7. The minimum absolute atomic E-state index is 0.0541. The van der Waals surface area contributed by atoms with Crippen LogP contribution in [0.1, 0.15) is 34.5 Å². The Morgan fingerprint density at radius 3 is 2.50 bits per heavy atom. The number of hydrogen-bond donors (Lipinski definition) is 6. The van der Waals surface area contributed by atoms with Crippen LogP contribution in [-0.4, -0.2) is 95.9 Å². The largest absolute Gasteiger partial charge is 0.547 e. The van der Waals surface area contributed by atoms with Crippen molar-refractivity contribution < 1.29 is 52.3 Å². The SMILES string of the molecule is CCN1CCN(C(=O)NC(C(=O)N[C@H]2Cc3cccc(C(=O)O)c3OB2O)c2ccc(S(N)(=O)=O)c(O)c2)C(=O)C1=O. The van der Waals surface area contributed by atoms with E-state index in [0.717, 1.165) is 18.2 Å². The molecule has 0 spiro atoms. The number of nitrogens with one attached hydrogen (secondary N) is 2. The van der Waals surface area contributed by atoms with Crippen molar-refractivity contribution in [2.75, 3.05) is 19.6 Å². The number of urea groups is 1. The fraction of sp³-hybridized carbons (Fsp3) is 0.292. The van der Waals surface area contributed by atoms with Crippen LogP contribution in [0.3, 0.4) is 0 Å². The average molecular weight is 603 g/mol. The number of benzene rings is 2. The van der Waals surface area contributed by atoms with E-state index in [1.165, 1.54) is 23.1 Å². The molecule has 0 radical (unpaired) electrons. The lowest BCUT2D eigenvalue weighted by Gasteiger charge is -2.33. The van der Waals surface area contributed by atoms with E-state index in [-0.39, 0.29) is 42.9 Å². The first kappa shape index (κ1) is 30.3. The van der Waals surface area contributed by atoms with Gasteiger partial charge in [0, 0.05) is 19.6 Å². The molecule has 0 saturated carbocycles. The van der Waals surface area contributed by atoms with Gasteiger partial charge in [0.25, 0.3) is 0 Å². The topological polar surface area (TPSA) is 246 Å². The summed E-state index contributed by atoms with van der Waals surface area (Å²) in [5.41, 5.74) is 0.0184. The van der Waals surface area contributed by atoms with Gasteiger partial charge in [-0.15, -0.1) is 0 Å². The Bertz CT molecular complexity index is 1580. The zero-order valence-electron chi connectivity index (χ0n) is 22.0. The molecule has 2 atom stereocenters. The number of likely N-dealkylation sites (N-methyl/N-ethyl adjacent to an activating group) is 1. The number of aromatic carboxylic acids is 1. The van der Waals surface area contributed by atoms with Gasteiger partial charge in [0.05, 0.1) is 11.5 Å². The fourth-order valence-corrected chi connectivity index (χ4v) is 5.22. The number of fused-ring (bicyclic) bond motifs is 1. The first-order valence-electron chi connectivity index (χ1n) is 12.5. The Morgan fingerprint density at radius 1 is 1.17 bits per heavy atom. The lowest BCUT2D eigenvalue weighted by molar-refractivity contribution is -0.153. The number of sulfonamides is 1. The molecule has 2 aliphatic rings. The van der Waals surface area contributed by atoms with Gasteiger partial charge in [-0.25, -0.2) is 23.1 Å². The number of rotatable bonds is 7. The molecule has 18 heteroatoms. The number of carboxylic acid groups (broad SMARTS) is 1. The number of piperazine rings is 1. The van der Waals surface area contributed by atoms with Crippen molar-refractivity contribution in [3.05, 3.63) is 53.1 Å². The monoisotopic (exact) mass is 603 g/mol. The van der Waals surface area contributed by atoms with Crippen LogP contribution in [0.4, 0.5) is 4.79 Å². The summed E-state index contributed by atoms with van der Waals surface area (Å²) >= 11 is 0. The summed E-state index contributed by atoms with van der Waals surface area (Å²) < 4.78 is 28.9. The van der Waals surface area contributed by atoms with Crippen molar-refractivity contribution >= 4 is 46.9 Å². The normalized spacial score (nSPS) is 17.7. The zero-order valence-corrected chi connectivity index (χ0v) is 22.8. The summed E-state index contributed by atoms with van der Waals surface area (Å²) in [6.45, 7) is 1.78. The molecule has 5 amide bonds. The lowest BCUT2D eigenvalue weighted by Crippen LogP contribution is -2.60. The fourth-order valence-electron chi connectivity index (χ4n) is 4.61. The predicted molar refractivity (Wildman–Crippen MR) is 142 cm³/mol. The molecule has 16 nitrogen and oxygen atoms in total. The molecule has 0 aliphatic carbocycles. The zero-order chi connectivity index (χ0) is 30.9. The number of imide groups is 1. The number of para-hydroxylation sites is 1. The number of phenols is 1. The number of hydrogen-bond acceptors (Lipinski definition) is 10. The van der Waals surface area contributed by atoms with Gasteiger partial charge in [-0.05, 0) is 42.7 Å². The van der Waals surface area contributed by atoms with Crippen LogP contribution in [0.5, 0.6) is 11.5 Å². The molecular formula is C24H26BN5O11S. The predicted octanol–water partition coefficient (Wildman–Crippen LogP) is -1.68. The van der Waals surface area contributed by atoms with Crippen LogP contribution in [-0.2, 0) is 30.8 Å². The highest BCUT2D eigenvalue weighted by Gasteiger charge is 2.41.